The Balaban J connectivity index is -0.0000000326. The fourth-order valence-corrected chi connectivity index (χ4v) is 0. The molecular weight excluding hydrogens is 213 g/mol. The van der Waals surface area contributed by atoms with Gasteiger partial charge in [-0.05, 0) is 6.92 Å². The van der Waals surface area contributed by atoms with Gasteiger partial charge in [0.25, 0.3) is 0 Å². The minimum atomic E-state index is -5.14. The molecular formula is C2H7K2O5P. The van der Waals surface area contributed by atoms with E-state index in [2.05, 4.69) is 0 Å². The van der Waals surface area contributed by atoms with Crippen LogP contribution in [0.4, 0.5) is 0 Å². The molecule has 0 aliphatic carbocycles. The van der Waals surface area contributed by atoms with E-state index in [9.17, 15) is 0 Å². The van der Waals surface area contributed by atoms with E-state index in [1.54, 1.807) is 6.92 Å². The number of rotatable bonds is 0. The van der Waals surface area contributed by atoms with Gasteiger partial charge in [0, 0.05) is 6.61 Å². The fourth-order valence-electron chi connectivity index (χ4n) is 0. The van der Waals surface area contributed by atoms with Crippen molar-refractivity contribution >= 4 is 7.82 Å². The minimum absolute atomic E-state index is 0. The summed E-state index contributed by atoms with van der Waals surface area (Å²) in [6.07, 6.45) is 0. The van der Waals surface area contributed by atoms with E-state index in [0.29, 0.717) is 0 Å². The van der Waals surface area contributed by atoms with Gasteiger partial charge in [0.1, 0.15) is 0 Å². The molecule has 10 heavy (non-hydrogen) atoms. The van der Waals surface area contributed by atoms with Gasteiger partial charge in [0.15, 0.2) is 0 Å². The summed E-state index contributed by atoms with van der Waals surface area (Å²) in [6.45, 7) is 1.93. The third kappa shape index (κ3) is 109. The second-order valence-electron chi connectivity index (χ2n) is 0.785. The van der Waals surface area contributed by atoms with Crippen molar-refractivity contribution in [1.29, 1.82) is 0 Å². The van der Waals surface area contributed by atoms with Crippen molar-refractivity contribution in [2.75, 3.05) is 6.61 Å². The molecule has 0 fully saturated rings. The first-order chi connectivity index (χ1) is 3.41. The van der Waals surface area contributed by atoms with Crippen LogP contribution >= 0.6 is 7.82 Å². The summed E-state index contributed by atoms with van der Waals surface area (Å²) in [5.41, 5.74) is 0. The summed E-state index contributed by atoms with van der Waals surface area (Å²) in [5.74, 6) is 0. The molecule has 0 heterocycles. The Morgan fingerprint density at radius 1 is 1.40 bits per heavy atom. The normalized spacial score (nSPS) is 7.70. The zero-order valence-corrected chi connectivity index (χ0v) is 13.4. The van der Waals surface area contributed by atoms with Crippen molar-refractivity contribution in [2.24, 2.45) is 0 Å². The molecule has 0 saturated carbocycles. The van der Waals surface area contributed by atoms with Crippen LogP contribution in [0, 0.1) is 0 Å². The zero-order chi connectivity index (χ0) is 7.21. The van der Waals surface area contributed by atoms with Gasteiger partial charge in [0.05, 0.1) is 7.82 Å². The fraction of sp³-hybridized carbons (Fsp3) is 1.00. The van der Waals surface area contributed by atoms with Crippen LogP contribution in [0.3, 0.4) is 0 Å². The van der Waals surface area contributed by atoms with E-state index in [4.69, 9.17) is 24.4 Å². The zero-order valence-electron chi connectivity index (χ0n) is 6.27. The first kappa shape index (κ1) is 23.3. The van der Waals surface area contributed by atoms with Crippen LogP contribution in [0.15, 0.2) is 0 Å². The van der Waals surface area contributed by atoms with Gasteiger partial charge in [-0.2, -0.15) is 0 Å². The maximum atomic E-state index is 8.66. The van der Waals surface area contributed by atoms with Crippen molar-refractivity contribution in [1.82, 2.24) is 0 Å². The van der Waals surface area contributed by atoms with Gasteiger partial charge < -0.3 is 24.4 Å². The van der Waals surface area contributed by atoms with Gasteiger partial charge in [-0.15, -0.1) is 0 Å². The van der Waals surface area contributed by atoms with Gasteiger partial charge >= 0.3 is 103 Å². The average Bonchev–Trinajstić information content (AvgIpc) is 1.27. The maximum Gasteiger partial charge on any atom is 1.00 e. The molecule has 0 aromatic heterocycles. The predicted octanol–water partition coefficient (Wildman–Crippen LogP) is -8.19. The molecule has 0 rings (SSSR count). The molecule has 0 aliphatic rings. The first-order valence-corrected chi connectivity index (χ1v) is 3.27. The molecule has 2 N–H and O–H groups in total. The molecule has 0 atom stereocenters. The summed E-state index contributed by atoms with van der Waals surface area (Å²) in [7, 11) is -5.14. The molecule has 5 nitrogen and oxygen atoms in total. The second-order valence-corrected chi connectivity index (χ2v) is 1.72. The quantitative estimate of drug-likeness (QED) is 0.312. The van der Waals surface area contributed by atoms with E-state index in [0.717, 1.165) is 0 Å². The number of aliphatic hydroxyl groups excluding tert-OH is 1. The number of hydrogen-bond acceptors (Lipinski definition) is 4. The Kier molecular flexibility index (Phi) is 34.6. The van der Waals surface area contributed by atoms with E-state index >= 15 is 0 Å². The van der Waals surface area contributed by atoms with Crippen molar-refractivity contribution in [3.8, 4) is 0 Å². The molecule has 0 saturated heterocycles. The van der Waals surface area contributed by atoms with Gasteiger partial charge in [0.2, 0.25) is 0 Å². The van der Waals surface area contributed by atoms with E-state index in [1.165, 1.54) is 0 Å². The van der Waals surface area contributed by atoms with Crippen LogP contribution in [-0.2, 0) is 4.57 Å². The minimum Gasteiger partial charge on any atom is -0.790 e. The summed E-state index contributed by atoms with van der Waals surface area (Å²) in [4.78, 5) is 24.3. The van der Waals surface area contributed by atoms with Gasteiger partial charge in [-0.25, -0.2) is 0 Å². The molecule has 0 spiro atoms. The Labute approximate surface area is 145 Å². The smallest absolute Gasteiger partial charge is 0.790 e. The molecule has 0 amide bonds. The van der Waals surface area contributed by atoms with E-state index < -0.39 is 7.82 Å². The Bertz CT molecular complexity index is 73.5. The average molecular weight is 220 g/mol. The molecule has 0 aliphatic heterocycles. The Morgan fingerprint density at radius 3 is 1.40 bits per heavy atom. The topological polar surface area (TPSA) is 104 Å². The number of hydrogen-bond donors (Lipinski definition) is 2. The molecule has 0 unspecified atom stereocenters. The van der Waals surface area contributed by atoms with Crippen LogP contribution in [0.5, 0.6) is 0 Å². The van der Waals surface area contributed by atoms with Crippen LogP contribution < -0.4 is 113 Å². The molecule has 0 aromatic carbocycles. The standard InChI is InChI=1S/C2H6O.2K.H3O4P/c1-2-3;;;1-5(2,3)4/h3H,2H2,1H3;;;(H3,1,2,3,4)/q;2*+1;/p-2. The van der Waals surface area contributed by atoms with E-state index in [-0.39, 0.29) is 109 Å². The van der Waals surface area contributed by atoms with Crippen molar-refractivity contribution in [2.45, 2.75) is 6.92 Å². The molecule has 52 valence electrons. The van der Waals surface area contributed by atoms with Crippen molar-refractivity contribution < 1.29 is 127 Å². The maximum absolute atomic E-state index is 8.66. The van der Waals surface area contributed by atoms with Crippen molar-refractivity contribution in [3.63, 3.8) is 0 Å². The van der Waals surface area contributed by atoms with E-state index in [1.807, 2.05) is 0 Å². The van der Waals surface area contributed by atoms with Crippen molar-refractivity contribution in [3.05, 3.63) is 0 Å². The second kappa shape index (κ2) is 14.8. The summed E-state index contributed by atoms with van der Waals surface area (Å²) < 4.78 is 8.66. The van der Waals surface area contributed by atoms with Gasteiger partial charge in [-0.1, -0.05) is 0 Å². The van der Waals surface area contributed by atoms with Gasteiger partial charge in [-0.3, -0.25) is 0 Å². The van der Waals surface area contributed by atoms with Crippen LogP contribution in [-0.4, -0.2) is 16.6 Å². The SMILES string of the molecule is CCO.O=P([O-])([O-])O.[K+].[K+]. The third-order valence-electron chi connectivity index (χ3n) is 0. The number of aliphatic hydroxyl groups is 1. The molecule has 0 radical (unpaired) electrons. The summed E-state index contributed by atoms with van der Waals surface area (Å²) >= 11 is 0. The predicted molar refractivity (Wildman–Crippen MR) is 22.6 cm³/mol. The molecule has 0 aromatic rings. The number of phosphoric acid groups is 1. The first-order valence-electron chi connectivity index (χ1n) is 1.77. The Morgan fingerprint density at radius 2 is 1.40 bits per heavy atom. The molecule has 8 heteroatoms. The third-order valence-corrected chi connectivity index (χ3v) is 0. The summed E-state index contributed by atoms with van der Waals surface area (Å²) in [5, 5.41) is 7.57. The van der Waals surface area contributed by atoms with Crippen LogP contribution in [0.1, 0.15) is 6.92 Å². The monoisotopic (exact) mass is 220 g/mol. The largest absolute Gasteiger partial charge is 1.00 e. The van der Waals surface area contributed by atoms with Crippen LogP contribution in [0.25, 0.3) is 0 Å². The van der Waals surface area contributed by atoms with Crippen LogP contribution in [0.2, 0.25) is 0 Å². The summed E-state index contributed by atoms with van der Waals surface area (Å²) in [6, 6.07) is 0. The Hall–Kier alpha value is 3.34. The molecule has 0 bridgehead atoms.